The number of aliphatic hydroxyl groups excluding tert-OH is 1. The average Bonchev–Trinajstić information content (AvgIpc) is 3.34. The third-order valence-electron chi connectivity index (χ3n) is 4.91. The number of nitrogens with two attached hydrogens (primary N) is 1. The minimum absolute atomic E-state index is 0.0205. The topological polar surface area (TPSA) is 140 Å². The molecule has 2 aromatic carbocycles. The molecule has 0 spiro atoms. The van der Waals surface area contributed by atoms with Gasteiger partial charge in [0.25, 0.3) is 5.89 Å². The van der Waals surface area contributed by atoms with E-state index in [2.05, 4.69) is 25.5 Å². The lowest BCUT2D eigenvalue weighted by molar-refractivity contribution is 0.296. The quantitative estimate of drug-likeness (QED) is 0.341. The van der Waals surface area contributed by atoms with E-state index in [0.29, 0.717) is 34.3 Å². The van der Waals surface area contributed by atoms with Gasteiger partial charge in [0, 0.05) is 34.9 Å². The minimum Gasteiger partial charge on any atom is -0.414 e. The van der Waals surface area contributed by atoms with Crippen LogP contribution in [-0.2, 0) is 17.3 Å². The Morgan fingerprint density at radius 3 is 2.42 bits per heavy atom. The molecule has 4 aromatic rings. The Kier molecular flexibility index (Phi) is 7.18. The summed E-state index contributed by atoms with van der Waals surface area (Å²) in [6, 6.07) is 15.0. The molecule has 33 heavy (non-hydrogen) atoms. The zero-order valence-corrected chi connectivity index (χ0v) is 18.9. The van der Waals surface area contributed by atoms with E-state index in [1.165, 1.54) is 0 Å². The largest absolute Gasteiger partial charge is 0.414 e. The highest BCUT2D eigenvalue weighted by atomic mass is 32.2. The van der Waals surface area contributed by atoms with E-state index in [1.54, 1.807) is 18.3 Å². The van der Waals surface area contributed by atoms with Gasteiger partial charge in [0.15, 0.2) is 11.5 Å². The summed E-state index contributed by atoms with van der Waals surface area (Å²) in [4.78, 5) is 9.51. The van der Waals surface area contributed by atoms with Crippen LogP contribution in [0.1, 0.15) is 12.0 Å². The lowest BCUT2D eigenvalue weighted by Gasteiger charge is -2.06. The second-order valence-corrected chi connectivity index (χ2v) is 8.85. The second kappa shape index (κ2) is 10.4. The maximum absolute atomic E-state index is 12.2. The number of hydrogen-bond donors (Lipinski definition) is 3. The van der Waals surface area contributed by atoms with Crippen LogP contribution in [0.3, 0.4) is 0 Å². The number of hydrogen-bond acceptors (Lipinski definition) is 9. The Labute approximate surface area is 193 Å². The van der Waals surface area contributed by atoms with Crippen LogP contribution < -0.4 is 11.1 Å². The number of rotatable bonds is 9. The maximum Gasteiger partial charge on any atom is 0.270 e. The first-order valence-corrected chi connectivity index (χ1v) is 11.7. The number of anilines is 1. The maximum atomic E-state index is 12.2. The van der Waals surface area contributed by atoms with Crippen molar-refractivity contribution >= 4 is 16.6 Å². The minimum atomic E-state index is -1.16. The average molecular weight is 465 g/mol. The third-order valence-corrected chi connectivity index (χ3v) is 6.37. The molecule has 0 aliphatic carbocycles. The van der Waals surface area contributed by atoms with Gasteiger partial charge in [-0.25, -0.2) is 9.97 Å². The molecule has 170 valence electrons. The molecule has 0 fully saturated rings. The summed E-state index contributed by atoms with van der Waals surface area (Å²) in [6.07, 6.45) is 2.06. The second-order valence-electron chi connectivity index (χ2n) is 7.28. The molecular weight excluding hydrogens is 440 g/mol. The molecule has 0 aliphatic heterocycles. The van der Waals surface area contributed by atoms with Crippen LogP contribution in [0.4, 0.5) is 5.82 Å². The van der Waals surface area contributed by atoms with Gasteiger partial charge in [-0.15, -0.1) is 10.2 Å². The molecule has 0 aliphatic rings. The number of nitrogens with one attached hydrogen (secondary N) is 1. The van der Waals surface area contributed by atoms with Crippen LogP contribution >= 0.6 is 0 Å². The van der Waals surface area contributed by atoms with Gasteiger partial charge in [-0.05, 0) is 43.3 Å². The van der Waals surface area contributed by atoms with Crippen molar-refractivity contribution in [3.05, 3.63) is 60.3 Å². The summed E-state index contributed by atoms with van der Waals surface area (Å²) in [5, 5.41) is 20.3. The Hall–Kier alpha value is -3.47. The number of benzene rings is 2. The molecule has 4 N–H and O–H groups in total. The van der Waals surface area contributed by atoms with Crippen LogP contribution in [0, 0.1) is 0 Å². The van der Waals surface area contributed by atoms with Gasteiger partial charge in [-0.1, -0.05) is 24.3 Å². The van der Waals surface area contributed by atoms with Gasteiger partial charge < -0.3 is 20.6 Å². The molecule has 0 amide bonds. The molecule has 0 saturated heterocycles. The summed E-state index contributed by atoms with van der Waals surface area (Å²) in [7, 11) is 0.738. The first-order chi connectivity index (χ1) is 16.1. The van der Waals surface area contributed by atoms with E-state index in [4.69, 9.17) is 15.3 Å². The van der Waals surface area contributed by atoms with Gasteiger partial charge in [-0.2, -0.15) is 0 Å². The summed E-state index contributed by atoms with van der Waals surface area (Å²) in [5.74, 6) is 1.14. The van der Waals surface area contributed by atoms with E-state index >= 15 is 0 Å². The summed E-state index contributed by atoms with van der Waals surface area (Å²) in [6.45, 7) is 0.792. The van der Waals surface area contributed by atoms with Gasteiger partial charge in [0.2, 0.25) is 5.89 Å². The normalized spacial score (nSPS) is 12.1. The SMILES string of the molecule is CNCc1ccc(-c2nnc(-c3nc(-c4ccc(S(=O)CCCO)cc4)cnc3N)o2)cc1. The van der Waals surface area contributed by atoms with Gasteiger partial charge in [-0.3, -0.25) is 4.21 Å². The summed E-state index contributed by atoms with van der Waals surface area (Å²) >= 11 is 0. The zero-order chi connectivity index (χ0) is 23.2. The monoisotopic (exact) mass is 464 g/mol. The standard InChI is InChI=1S/C23H24N6O3S/c1-25-13-15-3-5-17(6-4-15)22-28-29-23(32-22)20-21(24)26-14-19(27-20)16-7-9-18(10-8-16)33(31)12-2-11-30/h3-10,14,25,30H,2,11-13H2,1H3,(H2,24,26). The summed E-state index contributed by atoms with van der Waals surface area (Å²) < 4.78 is 18.1. The first kappa shape index (κ1) is 22.7. The lowest BCUT2D eigenvalue weighted by Crippen LogP contribution is -2.04. The van der Waals surface area contributed by atoms with Crippen LogP contribution in [0.15, 0.2) is 64.0 Å². The Morgan fingerprint density at radius 2 is 1.73 bits per heavy atom. The molecule has 0 saturated carbocycles. The molecule has 4 rings (SSSR count). The predicted molar refractivity (Wildman–Crippen MR) is 126 cm³/mol. The zero-order valence-electron chi connectivity index (χ0n) is 18.1. The molecular formula is C23H24N6O3S. The summed E-state index contributed by atoms with van der Waals surface area (Å²) in [5.41, 5.74) is 9.64. The molecule has 9 nitrogen and oxygen atoms in total. The Morgan fingerprint density at radius 1 is 1.03 bits per heavy atom. The van der Waals surface area contributed by atoms with Crippen molar-refractivity contribution in [3.8, 4) is 34.3 Å². The molecule has 1 atom stereocenters. The fourth-order valence-corrected chi connectivity index (χ4v) is 4.26. The highest BCUT2D eigenvalue weighted by Crippen LogP contribution is 2.28. The smallest absolute Gasteiger partial charge is 0.270 e. The van der Waals surface area contributed by atoms with Crippen molar-refractivity contribution in [2.75, 3.05) is 25.1 Å². The fraction of sp³-hybridized carbons (Fsp3) is 0.217. The Bertz CT molecular complexity index is 1240. The van der Waals surface area contributed by atoms with E-state index in [0.717, 1.165) is 23.2 Å². The van der Waals surface area contributed by atoms with Crippen molar-refractivity contribution in [1.29, 1.82) is 0 Å². The number of aromatic nitrogens is 4. The number of aliphatic hydroxyl groups is 1. The van der Waals surface area contributed by atoms with E-state index in [1.807, 2.05) is 43.4 Å². The van der Waals surface area contributed by atoms with Gasteiger partial charge in [0.1, 0.15) is 0 Å². The highest BCUT2D eigenvalue weighted by Gasteiger charge is 2.17. The highest BCUT2D eigenvalue weighted by molar-refractivity contribution is 7.85. The van der Waals surface area contributed by atoms with Crippen LogP contribution in [0.2, 0.25) is 0 Å². The van der Waals surface area contributed by atoms with Gasteiger partial charge in [0.05, 0.1) is 22.7 Å². The molecule has 2 heterocycles. The fourth-order valence-electron chi connectivity index (χ4n) is 3.19. The third kappa shape index (κ3) is 5.30. The van der Waals surface area contributed by atoms with E-state index < -0.39 is 10.8 Å². The molecule has 10 heteroatoms. The molecule has 1 unspecified atom stereocenters. The number of nitrogens with zero attached hydrogens (tertiary/aromatic N) is 4. The molecule has 2 aromatic heterocycles. The molecule has 0 bridgehead atoms. The van der Waals surface area contributed by atoms with Crippen molar-refractivity contribution in [2.24, 2.45) is 0 Å². The first-order valence-electron chi connectivity index (χ1n) is 10.4. The van der Waals surface area contributed by atoms with Crippen molar-refractivity contribution in [2.45, 2.75) is 17.9 Å². The van der Waals surface area contributed by atoms with Crippen LogP contribution in [-0.4, -0.2) is 48.9 Å². The van der Waals surface area contributed by atoms with Crippen molar-refractivity contribution in [3.63, 3.8) is 0 Å². The van der Waals surface area contributed by atoms with Crippen molar-refractivity contribution < 1.29 is 13.7 Å². The molecule has 0 radical (unpaired) electrons. The van der Waals surface area contributed by atoms with E-state index in [-0.39, 0.29) is 18.3 Å². The van der Waals surface area contributed by atoms with Crippen molar-refractivity contribution in [1.82, 2.24) is 25.5 Å². The van der Waals surface area contributed by atoms with Crippen LogP contribution in [0.25, 0.3) is 34.3 Å². The Balaban J connectivity index is 1.57. The van der Waals surface area contributed by atoms with Gasteiger partial charge >= 0.3 is 0 Å². The lowest BCUT2D eigenvalue weighted by atomic mass is 10.1. The van der Waals surface area contributed by atoms with E-state index in [9.17, 15) is 4.21 Å². The number of nitrogen functional groups attached to an aromatic ring is 1. The predicted octanol–water partition coefficient (Wildman–Crippen LogP) is 2.65. The van der Waals surface area contributed by atoms with Crippen LogP contribution in [0.5, 0.6) is 0 Å².